The van der Waals surface area contributed by atoms with E-state index in [0.717, 1.165) is 36.8 Å². The van der Waals surface area contributed by atoms with E-state index in [-0.39, 0.29) is 13.2 Å². The predicted molar refractivity (Wildman–Crippen MR) is 168 cm³/mol. The lowest BCUT2D eigenvalue weighted by atomic mass is 10.1. The summed E-state index contributed by atoms with van der Waals surface area (Å²) in [6.07, 6.45) is 4.07. The third-order valence-corrected chi connectivity index (χ3v) is 8.53. The van der Waals surface area contributed by atoms with Gasteiger partial charge in [-0.2, -0.15) is 9.42 Å². The molecule has 0 spiro atoms. The molecule has 0 radical (unpaired) electrons. The van der Waals surface area contributed by atoms with Gasteiger partial charge in [0.1, 0.15) is 37.4 Å². The highest BCUT2D eigenvalue weighted by Crippen LogP contribution is 2.60. The molecular formula is C33H36N2O9P+. The van der Waals surface area contributed by atoms with Gasteiger partial charge in [0.05, 0.1) is 18.4 Å². The molecule has 4 aromatic rings. The average Bonchev–Trinajstić information content (AvgIpc) is 3.53. The zero-order valence-electron chi connectivity index (χ0n) is 24.6. The first kappa shape index (κ1) is 32.2. The molecule has 0 saturated carbocycles. The number of carbonyl (C=O) groups excluding carboxylic acids is 1. The van der Waals surface area contributed by atoms with Crippen LogP contribution < -0.4 is 15.4 Å². The van der Waals surface area contributed by atoms with Gasteiger partial charge in [-0.25, -0.2) is 4.79 Å². The summed E-state index contributed by atoms with van der Waals surface area (Å²) in [6.45, 7) is 0.0648. The maximum Gasteiger partial charge on any atom is 0.573 e. The maximum absolute atomic E-state index is 13.2. The predicted octanol–water partition coefficient (Wildman–Crippen LogP) is 6.75. The second-order valence-corrected chi connectivity index (χ2v) is 12.1. The van der Waals surface area contributed by atoms with Gasteiger partial charge >= 0.3 is 14.3 Å². The summed E-state index contributed by atoms with van der Waals surface area (Å²) >= 11 is 0. The molecular weight excluding hydrogens is 599 g/mol. The Morgan fingerprint density at radius 2 is 1.62 bits per heavy atom. The molecule has 1 aliphatic rings. The molecule has 12 heteroatoms. The van der Waals surface area contributed by atoms with Gasteiger partial charge in [0.2, 0.25) is 5.91 Å². The SMILES string of the molecule is O=C(O)NC(CO[P+]1(O)OCc2ccccc2CO1)C(=O)Nc1ccc(OCCCCCc2ccccc2)c(-c2ccco2)c1. The van der Waals surface area contributed by atoms with Gasteiger partial charge in [0, 0.05) is 5.69 Å². The first-order chi connectivity index (χ1) is 21.9. The number of furan rings is 1. The number of anilines is 1. The maximum atomic E-state index is 13.2. The van der Waals surface area contributed by atoms with E-state index in [1.807, 2.05) is 42.5 Å². The van der Waals surface area contributed by atoms with Crippen molar-refractivity contribution in [1.82, 2.24) is 5.32 Å². The normalized spacial score (nSPS) is 14.5. The number of unbranched alkanes of at least 4 members (excludes halogenated alkanes) is 2. The Bertz CT molecular complexity index is 1520. The Morgan fingerprint density at radius 1 is 0.889 bits per heavy atom. The Balaban J connectivity index is 1.18. The van der Waals surface area contributed by atoms with Crippen LogP contribution in [0.3, 0.4) is 0 Å². The summed E-state index contributed by atoms with van der Waals surface area (Å²) in [6, 6.07) is 25.0. The Kier molecular flexibility index (Phi) is 11.2. The van der Waals surface area contributed by atoms with E-state index in [0.29, 0.717) is 29.4 Å². The minimum absolute atomic E-state index is 0.0430. The second kappa shape index (κ2) is 15.7. The number of amides is 2. The standard InChI is InChI=1S/C33H35N2O9P/c36-32(29(35-33(37)38)23-44-45(39)42-21-25-13-6-7-14-26(25)22-43-45)34-27-16-17-31(28(20-27)30-15-9-19-41-30)40-18-8-2-5-12-24-10-3-1-4-11-24/h1,3-4,6-7,9-11,13-17,19-20,29,35,39H,2,5,8,12,18,21-23H2,(H-,34,36,37,38)/p+1. The zero-order valence-corrected chi connectivity index (χ0v) is 25.5. The number of benzene rings is 3. The highest BCUT2D eigenvalue weighted by Gasteiger charge is 2.48. The van der Waals surface area contributed by atoms with Gasteiger partial charge in [0.15, 0.2) is 0 Å². The van der Waals surface area contributed by atoms with E-state index in [1.54, 1.807) is 36.6 Å². The molecule has 1 unspecified atom stereocenters. The molecule has 0 saturated heterocycles. The molecule has 11 nitrogen and oxygen atoms in total. The lowest BCUT2D eigenvalue weighted by molar-refractivity contribution is -0.118. The molecule has 4 N–H and O–H groups in total. The van der Waals surface area contributed by atoms with Crippen LogP contribution in [-0.2, 0) is 38.0 Å². The Labute approximate surface area is 261 Å². The molecule has 5 rings (SSSR count). The van der Waals surface area contributed by atoms with E-state index in [4.69, 9.17) is 22.7 Å². The Morgan fingerprint density at radius 3 is 2.31 bits per heavy atom. The number of carboxylic acid groups (broad SMARTS) is 1. The summed E-state index contributed by atoms with van der Waals surface area (Å²) in [4.78, 5) is 35.5. The minimum atomic E-state index is -3.83. The van der Waals surface area contributed by atoms with Crippen LogP contribution in [0.5, 0.6) is 5.75 Å². The van der Waals surface area contributed by atoms with E-state index in [1.165, 1.54) is 5.56 Å². The van der Waals surface area contributed by atoms with Gasteiger partial charge in [-0.05, 0) is 72.7 Å². The molecule has 2 amide bonds. The molecule has 1 aromatic heterocycles. The fraction of sp³-hybridized carbons (Fsp3) is 0.273. The quantitative estimate of drug-likeness (QED) is 0.0872. The van der Waals surface area contributed by atoms with Crippen LogP contribution >= 0.6 is 8.17 Å². The van der Waals surface area contributed by atoms with Crippen molar-refractivity contribution in [3.63, 3.8) is 0 Å². The van der Waals surface area contributed by atoms with Crippen LogP contribution in [0.25, 0.3) is 11.3 Å². The number of nitrogens with one attached hydrogen (secondary N) is 2. The van der Waals surface area contributed by atoms with Crippen molar-refractivity contribution in [2.45, 2.75) is 44.9 Å². The van der Waals surface area contributed by atoms with Crippen LogP contribution in [0.4, 0.5) is 10.5 Å². The topological polar surface area (TPSA) is 149 Å². The fourth-order valence-corrected chi connectivity index (χ4v) is 5.94. The first-order valence-electron chi connectivity index (χ1n) is 14.7. The molecule has 3 aromatic carbocycles. The summed E-state index contributed by atoms with van der Waals surface area (Å²) in [7, 11) is -3.83. The van der Waals surface area contributed by atoms with E-state index >= 15 is 0 Å². The Hall–Kier alpha value is -4.25. The van der Waals surface area contributed by atoms with Crippen molar-refractivity contribution < 1.29 is 42.3 Å². The van der Waals surface area contributed by atoms with Crippen molar-refractivity contribution in [2.24, 2.45) is 0 Å². The molecule has 1 atom stereocenters. The monoisotopic (exact) mass is 635 g/mol. The number of fused-ring (bicyclic) bond motifs is 1. The van der Waals surface area contributed by atoms with E-state index in [2.05, 4.69) is 22.8 Å². The third kappa shape index (κ3) is 9.37. The highest BCUT2D eigenvalue weighted by atomic mass is 31.2. The molecule has 0 aliphatic carbocycles. The lowest BCUT2D eigenvalue weighted by Crippen LogP contribution is -2.46. The number of hydrogen-bond donors (Lipinski definition) is 4. The highest BCUT2D eigenvalue weighted by molar-refractivity contribution is 7.55. The molecule has 1 aliphatic heterocycles. The summed E-state index contributed by atoms with van der Waals surface area (Å²) < 4.78 is 28.2. The molecule has 0 fully saturated rings. The van der Waals surface area contributed by atoms with Crippen LogP contribution in [0, 0.1) is 0 Å². The number of hydrogen-bond acceptors (Lipinski definition) is 8. The molecule has 2 heterocycles. The van der Waals surface area contributed by atoms with Gasteiger partial charge in [-0.1, -0.05) is 54.6 Å². The van der Waals surface area contributed by atoms with Gasteiger partial charge in [0.25, 0.3) is 0 Å². The van der Waals surface area contributed by atoms with Crippen molar-refractivity contribution in [1.29, 1.82) is 0 Å². The van der Waals surface area contributed by atoms with Crippen LogP contribution in [-0.4, -0.2) is 41.3 Å². The molecule has 236 valence electrons. The number of aryl methyl sites for hydroxylation is 1. The smallest absolute Gasteiger partial charge is 0.493 e. The van der Waals surface area contributed by atoms with Crippen LogP contribution in [0.15, 0.2) is 95.6 Å². The van der Waals surface area contributed by atoms with Gasteiger partial charge in [-0.3, -0.25) is 4.79 Å². The van der Waals surface area contributed by atoms with E-state index in [9.17, 15) is 19.6 Å². The largest absolute Gasteiger partial charge is 0.573 e. The number of ether oxygens (including phenoxy) is 1. The van der Waals surface area contributed by atoms with Crippen molar-refractivity contribution in [3.05, 3.63) is 108 Å². The first-order valence-corrected chi connectivity index (χ1v) is 16.2. The van der Waals surface area contributed by atoms with E-state index < -0.39 is 32.8 Å². The van der Waals surface area contributed by atoms with Crippen LogP contribution in [0.1, 0.15) is 36.0 Å². The second-order valence-electron chi connectivity index (χ2n) is 10.4. The van der Waals surface area contributed by atoms with Crippen molar-refractivity contribution in [2.75, 3.05) is 18.5 Å². The zero-order chi connectivity index (χ0) is 31.5. The average molecular weight is 636 g/mol. The van der Waals surface area contributed by atoms with Crippen molar-refractivity contribution in [3.8, 4) is 17.1 Å². The van der Waals surface area contributed by atoms with Crippen molar-refractivity contribution >= 4 is 25.9 Å². The third-order valence-electron chi connectivity index (χ3n) is 7.15. The fourth-order valence-electron chi connectivity index (χ4n) is 4.78. The molecule has 45 heavy (non-hydrogen) atoms. The summed E-state index contributed by atoms with van der Waals surface area (Å²) in [5, 5.41) is 14.2. The molecule has 0 bridgehead atoms. The minimum Gasteiger partial charge on any atom is -0.493 e. The lowest BCUT2D eigenvalue weighted by Gasteiger charge is -2.19. The van der Waals surface area contributed by atoms with Gasteiger partial charge in [-0.15, -0.1) is 9.05 Å². The van der Waals surface area contributed by atoms with Gasteiger partial charge < -0.3 is 24.9 Å². The van der Waals surface area contributed by atoms with Crippen LogP contribution in [0.2, 0.25) is 0 Å². The summed E-state index contributed by atoms with van der Waals surface area (Å²) in [5.74, 6) is 0.425. The number of carbonyl (C=O) groups is 2. The summed E-state index contributed by atoms with van der Waals surface area (Å²) in [5.41, 5.74) is 3.99. The number of rotatable bonds is 14.